The van der Waals surface area contributed by atoms with Gasteiger partial charge in [0.05, 0.1) is 17.2 Å². The number of nitrogens with one attached hydrogen (secondary N) is 2. The van der Waals surface area contributed by atoms with Gasteiger partial charge in [-0.05, 0) is 58.4 Å². The van der Waals surface area contributed by atoms with E-state index in [4.69, 9.17) is 10.00 Å². The molecule has 2 amide bonds. The van der Waals surface area contributed by atoms with Crippen molar-refractivity contribution in [2.24, 2.45) is 0 Å². The molecule has 0 aliphatic carbocycles. The Labute approximate surface area is 145 Å². The van der Waals surface area contributed by atoms with Crippen molar-refractivity contribution in [3.8, 4) is 11.8 Å². The van der Waals surface area contributed by atoms with Crippen molar-refractivity contribution in [3.63, 3.8) is 0 Å². The number of carbonyl (C=O) groups is 2. The number of ether oxygens (including phenoxy) is 1. The molecule has 0 heterocycles. The minimum Gasteiger partial charge on any atom is -0.484 e. The number of benzene rings is 2. The predicted molar refractivity (Wildman–Crippen MR) is 86.4 cm³/mol. The maximum atomic E-state index is 13.0. The van der Waals surface area contributed by atoms with E-state index >= 15 is 0 Å². The van der Waals surface area contributed by atoms with Crippen molar-refractivity contribution in [3.05, 3.63) is 63.9 Å². The van der Waals surface area contributed by atoms with Gasteiger partial charge in [-0.1, -0.05) is 0 Å². The molecule has 0 aromatic heterocycles. The molecule has 0 bridgehead atoms. The van der Waals surface area contributed by atoms with Crippen molar-refractivity contribution >= 4 is 27.7 Å². The van der Waals surface area contributed by atoms with Crippen molar-refractivity contribution < 1.29 is 18.7 Å². The summed E-state index contributed by atoms with van der Waals surface area (Å²) in [7, 11) is 0. The summed E-state index contributed by atoms with van der Waals surface area (Å²) in [6, 6.07) is 11.8. The summed E-state index contributed by atoms with van der Waals surface area (Å²) in [5, 5.41) is 8.68. The molecule has 2 N–H and O–H groups in total. The monoisotopic (exact) mass is 391 g/mol. The molecule has 2 aromatic carbocycles. The van der Waals surface area contributed by atoms with Gasteiger partial charge >= 0.3 is 0 Å². The van der Waals surface area contributed by atoms with Crippen molar-refractivity contribution in [1.82, 2.24) is 10.9 Å². The predicted octanol–water partition coefficient (Wildman–Crippen LogP) is 2.30. The van der Waals surface area contributed by atoms with Crippen LogP contribution in [0.25, 0.3) is 0 Å². The molecule has 0 fully saturated rings. The number of hydrogen-bond donors (Lipinski definition) is 2. The molecule has 8 heteroatoms. The smallest absolute Gasteiger partial charge is 0.276 e. The van der Waals surface area contributed by atoms with Crippen LogP contribution in [0.1, 0.15) is 15.9 Å². The zero-order valence-corrected chi connectivity index (χ0v) is 13.8. The molecular formula is C16H11BrFN3O3. The maximum absolute atomic E-state index is 13.0. The van der Waals surface area contributed by atoms with Crippen LogP contribution in [0.4, 0.5) is 4.39 Å². The topological polar surface area (TPSA) is 91.2 Å². The number of hydrogen-bond acceptors (Lipinski definition) is 4. The summed E-state index contributed by atoms with van der Waals surface area (Å²) in [5.41, 5.74) is 5.03. The van der Waals surface area contributed by atoms with Crippen LogP contribution < -0.4 is 15.6 Å². The van der Waals surface area contributed by atoms with Gasteiger partial charge in [-0.15, -0.1) is 0 Å². The lowest BCUT2D eigenvalue weighted by molar-refractivity contribution is -0.123. The SMILES string of the molecule is N#Cc1ccc(OCC(=O)NNC(=O)c2ccc(F)cc2Br)cc1. The minimum absolute atomic E-state index is 0.171. The molecule has 0 aliphatic heterocycles. The molecule has 0 unspecified atom stereocenters. The second-order valence-corrected chi connectivity index (χ2v) is 5.41. The fourth-order valence-electron chi connectivity index (χ4n) is 1.68. The average Bonchev–Trinajstić information content (AvgIpc) is 2.58. The molecule has 0 saturated carbocycles. The summed E-state index contributed by atoms with van der Waals surface area (Å²) in [4.78, 5) is 23.5. The fraction of sp³-hybridized carbons (Fsp3) is 0.0625. The Hall–Kier alpha value is -2.92. The number of halogens is 2. The van der Waals surface area contributed by atoms with E-state index < -0.39 is 17.6 Å². The van der Waals surface area contributed by atoms with E-state index in [1.54, 1.807) is 24.3 Å². The van der Waals surface area contributed by atoms with Gasteiger partial charge in [0.15, 0.2) is 6.61 Å². The molecule has 6 nitrogen and oxygen atoms in total. The Bertz CT molecular complexity index is 803. The Morgan fingerprint density at radius 1 is 1.17 bits per heavy atom. The number of carbonyl (C=O) groups excluding carboxylic acids is 2. The van der Waals surface area contributed by atoms with E-state index in [1.807, 2.05) is 6.07 Å². The molecule has 2 aromatic rings. The van der Waals surface area contributed by atoms with Crippen molar-refractivity contribution in [1.29, 1.82) is 5.26 Å². The summed E-state index contributed by atoms with van der Waals surface area (Å²) >= 11 is 3.07. The number of nitrogens with zero attached hydrogens (tertiary/aromatic N) is 1. The lowest BCUT2D eigenvalue weighted by Gasteiger charge is -2.09. The quantitative estimate of drug-likeness (QED) is 0.782. The van der Waals surface area contributed by atoms with E-state index in [-0.39, 0.29) is 16.6 Å². The first-order valence-corrected chi connectivity index (χ1v) is 7.46. The molecule has 2 rings (SSSR count). The van der Waals surface area contributed by atoms with Crippen LogP contribution in [0, 0.1) is 17.1 Å². The first-order chi connectivity index (χ1) is 11.5. The highest BCUT2D eigenvalue weighted by Gasteiger charge is 2.12. The summed E-state index contributed by atoms with van der Waals surface area (Å²) in [6.45, 7) is -0.323. The van der Waals surface area contributed by atoms with Crippen LogP contribution in [0.15, 0.2) is 46.9 Å². The molecule has 0 spiro atoms. The van der Waals surface area contributed by atoms with Gasteiger partial charge in [0.1, 0.15) is 11.6 Å². The summed E-state index contributed by atoms with van der Waals surface area (Å²) in [6.07, 6.45) is 0. The molecule has 24 heavy (non-hydrogen) atoms. The molecule has 0 aliphatic rings. The van der Waals surface area contributed by atoms with Crippen LogP contribution in [0.2, 0.25) is 0 Å². The molecule has 0 saturated heterocycles. The maximum Gasteiger partial charge on any atom is 0.276 e. The van der Waals surface area contributed by atoms with Crippen LogP contribution >= 0.6 is 15.9 Å². The van der Waals surface area contributed by atoms with Crippen molar-refractivity contribution in [2.45, 2.75) is 0 Å². The number of rotatable bonds is 4. The zero-order chi connectivity index (χ0) is 17.5. The van der Waals surface area contributed by atoms with E-state index in [0.717, 1.165) is 12.1 Å². The first-order valence-electron chi connectivity index (χ1n) is 6.67. The van der Waals surface area contributed by atoms with Gasteiger partial charge in [0, 0.05) is 4.47 Å². The van der Waals surface area contributed by atoms with Gasteiger partial charge in [0.25, 0.3) is 11.8 Å². The third-order valence-corrected chi connectivity index (χ3v) is 3.50. The fourth-order valence-corrected chi connectivity index (χ4v) is 2.21. The number of amides is 2. The van der Waals surface area contributed by atoms with Gasteiger partial charge in [-0.3, -0.25) is 20.4 Å². The van der Waals surface area contributed by atoms with E-state index in [9.17, 15) is 14.0 Å². The Morgan fingerprint density at radius 3 is 2.50 bits per heavy atom. The number of nitriles is 1. The van der Waals surface area contributed by atoms with Gasteiger partial charge < -0.3 is 4.74 Å². The van der Waals surface area contributed by atoms with Gasteiger partial charge in [-0.25, -0.2) is 4.39 Å². The summed E-state index contributed by atoms with van der Waals surface area (Å²) in [5.74, 6) is -1.26. The Morgan fingerprint density at radius 2 is 1.88 bits per heavy atom. The first kappa shape index (κ1) is 17.4. The second kappa shape index (κ2) is 8.08. The van der Waals surface area contributed by atoms with Crippen LogP contribution in [0.5, 0.6) is 5.75 Å². The second-order valence-electron chi connectivity index (χ2n) is 4.55. The highest BCUT2D eigenvalue weighted by atomic mass is 79.9. The average molecular weight is 392 g/mol. The molecular weight excluding hydrogens is 381 g/mol. The largest absolute Gasteiger partial charge is 0.484 e. The standard InChI is InChI=1S/C16H11BrFN3O3/c17-14-7-11(18)3-6-13(14)16(23)21-20-15(22)9-24-12-4-1-10(8-19)2-5-12/h1-7H,9H2,(H,20,22)(H,21,23). The molecule has 122 valence electrons. The van der Waals surface area contributed by atoms with E-state index in [1.165, 1.54) is 6.07 Å². The van der Waals surface area contributed by atoms with Gasteiger partial charge in [0.2, 0.25) is 0 Å². The van der Waals surface area contributed by atoms with Crippen LogP contribution in [-0.4, -0.2) is 18.4 Å². The van der Waals surface area contributed by atoms with Crippen LogP contribution in [-0.2, 0) is 4.79 Å². The zero-order valence-electron chi connectivity index (χ0n) is 12.2. The van der Waals surface area contributed by atoms with Crippen molar-refractivity contribution in [2.75, 3.05) is 6.61 Å². The molecule has 0 radical (unpaired) electrons. The lowest BCUT2D eigenvalue weighted by atomic mass is 10.2. The third kappa shape index (κ3) is 4.79. The minimum atomic E-state index is -0.603. The Kier molecular flexibility index (Phi) is 5.87. The normalized spacial score (nSPS) is 9.71. The highest BCUT2D eigenvalue weighted by molar-refractivity contribution is 9.10. The Balaban J connectivity index is 1.82. The summed E-state index contributed by atoms with van der Waals surface area (Å²) < 4.78 is 18.4. The molecule has 0 atom stereocenters. The van der Waals surface area contributed by atoms with E-state index in [0.29, 0.717) is 11.3 Å². The van der Waals surface area contributed by atoms with E-state index in [2.05, 4.69) is 26.8 Å². The number of hydrazine groups is 1. The lowest BCUT2D eigenvalue weighted by Crippen LogP contribution is -2.43. The van der Waals surface area contributed by atoms with Gasteiger partial charge in [-0.2, -0.15) is 5.26 Å². The third-order valence-electron chi connectivity index (χ3n) is 2.84. The van der Waals surface area contributed by atoms with Crippen LogP contribution in [0.3, 0.4) is 0 Å². The highest BCUT2D eigenvalue weighted by Crippen LogP contribution is 2.17.